The molecule has 0 spiro atoms. The lowest BCUT2D eigenvalue weighted by molar-refractivity contribution is -0.140. The van der Waals surface area contributed by atoms with Crippen LogP contribution in [0.15, 0.2) is 24.5 Å². The first-order valence-electron chi connectivity index (χ1n) is 5.90. The lowest BCUT2D eigenvalue weighted by Gasteiger charge is -2.30. The molecule has 0 unspecified atom stereocenters. The molecule has 0 aliphatic carbocycles. The van der Waals surface area contributed by atoms with E-state index < -0.39 is 5.60 Å². The second-order valence-corrected chi connectivity index (χ2v) is 5.55. The van der Waals surface area contributed by atoms with Gasteiger partial charge in [0.05, 0.1) is 0 Å². The molecule has 1 aromatic rings. The Balaban J connectivity index is 1.76. The SMILES string of the molecule is O=C(NCCn1cccc1)C1(O)CCSCC1. The minimum absolute atomic E-state index is 0.218. The van der Waals surface area contributed by atoms with Crippen LogP contribution in [0.3, 0.4) is 0 Å². The van der Waals surface area contributed by atoms with Crippen molar-refractivity contribution in [3.63, 3.8) is 0 Å². The number of hydrogen-bond donors (Lipinski definition) is 2. The van der Waals surface area contributed by atoms with Crippen molar-refractivity contribution in [2.45, 2.75) is 25.0 Å². The molecule has 1 amide bonds. The van der Waals surface area contributed by atoms with E-state index in [1.165, 1.54) is 0 Å². The number of carbonyl (C=O) groups is 1. The summed E-state index contributed by atoms with van der Waals surface area (Å²) in [5.41, 5.74) is -1.14. The van der Waals surface area contributed by atoms with Gasteiger partial charge in [-0.3, -0.25) is 4.79 Å². The average molecular weight is 254 g/mol. The van der Waals surface area contributed by atoms with E-state index in [-0.39, 0.29) is 5.91 Å². The van der Waals surface area contributed by atoms with Crippen molar-refractivity contribution < 1.29 is 9.90 Å². The van der Waals surface area contributed by atoms with Gasteiger partial charge in [-0.05, 0) is 36.5 Å². The molecule has 0 saturated carbocycles. The van der Waals surface area contributed by atoms with Crippen LogP contribution in [0.25, 0.3) is 0 Å². The molecule has 4 nitrogen and oxygen atoms in total. The first-order chi connectivity index (χ1) is 8.21. The molecular weight excluding hydrogens is 236 g/mol. The van der Waals surface area contributed by atoms with Gasteiger partial charge in [-0.2, -0.15) is 11.8 Å². The van der Waals surface area contributed by atoms with E-state index in [9.17, 15) is 9.90 Å². The van der Waals surface area contributed by atoms with E-state index in [0.29, 0.717) is 19.4 Å². The molecule has 2 heterocycles. The summed E-state index contributed by atoms with van der Waals surface area (Å²) in [5.74, 6) is 1.51. The van der Waals surface area contributed by atoms with Gasteiger partial charge in [0.1, 0.15) is 5.60 Å². The normalized spacial score (nSPS) is 18.9. The third kappa shape index (κ3) is 3.26. The van der Waals surface area contributed by atoms with Crippen molar-refractivity contribution >= 4 is 17.7 Å². The van der Waals surface area contributed by atoms with E-state index in [2.05, 4.69) is 5.32 Å². The van der Waals surface area contributed by atoms with Gasteiger partial charge in [-0.1, -0.05) is 0 Å². The number of aromatic nitrogens is 1. The molecule has 94 valence electrons. The zero-order valence-electron chi connectivity index (χ0n) is 9.76. The van der Waals surface area contributed by atoms with Crippen LogP contribution in [0.5, 0.6) is 0 Å². The van der Waals surface area contributed by atoms with Crippen molar-refractivity contribution in [1.29, 1.82) is 0 Å². The molecule has 2 N–H and O–H groups in total. The number of aliphatic hydroxyl groups is 1. The maximum atomic E-state index is 11.9. The molecule has 17 heavy (non-hydrogen) atoms. The van der Waals surface area contributed by atoms with E-state index in [4.69, 9.17) is 0 Å². The predicted molar refractivity (Wildman–Crippen MR) is 69.0 cm³/mol. The second-order valence-electron chi connectivity index (χ2n) is 4.32. The Morgan fingerprint density at radius 1 is 1.35 bits per heavy atom. The van der Waals surface area contributed by atoms with Gasteiger partial charge < -0.3 is 15.0 Å². The maximum Gasteiger partial charge on any atom is 0.252 e. The Labute approximate surface area is 105 Å². The molecule has 1 aliphatic heterocycles. The molecule has 0 atom stereocenters. The third-order valence-electron chi connectivity index (χ3n) is 3.06. The number of amides is 1. The Kier molecular flexibility index (Phi) is 4.12. The smallest absolute Gasteiger partial charge is 0.252 e. The fourth-order valence-corrected chi connectivity index (χ4v) is 3.09. The summed E-state index contributed by atoms with van der Waals surface area (Å²) in [7, 11) is 0. The first-order valence-corrected chi connectivity index (χ1v) is 7.05. The maximum absolute atomic E-state index is 11.9. The number of hydrogen-bond acceptors (Lipinski definition) is 3. The highest BCUT2D eigenvalue weighted by Gasteiger charge is 2.36. The van der Waals surface area contributed by atoms with Crippen LogP contribution < -0.4 is 5.32 Å². The number of carbonyl (C=O) groups excluding carboxylic acids is 1. The lowest BCUT2D eigenvalue weighted by Crippen LogP contribution is -2.49. The average Bonchev–Trinajstić information content (AvgIpc) is 2.83. The van der Waals surface area contributed by atoms with Crippen LogP contribution in [0.2, 0.25) is 0 Å². The molecular formula is C12H18N2O2S. The number of thioether (sulfide) groups is 1. The molecule has 2 rings (SSSR count). The summed E-state index contributed by atoms with van der Waals surface area (Å²) in [5, 5.41) is 13.0. The van der Waals surface area contributed by atoms with Gasteiger partial charge in [0.15, 0.2) is 0 Å². The van der Waals surface area contributed by atoms with Crippen molar-refractivity contribution in [1.82, 2.24) is 9.88 Å². The van der Waals surface area contributed by atoms with Gasteiger partial charge in [0.2, 0.25) is 0 Å². The Bertz CT molecular complexity index is 359. The van der Waals surface area contributed by atoms with E-state index in [0.717, 1.165) is 18.1 Å². The minimum atomic E-state index is -1.14. The van der Waals surface area contributed by atoms with Gasteiger partial charge in [-0.15, -0.1) is 0 Å². The van der Waals surface area contributed by atoms with Crippen LogP contribution in [0.4, 0.5) is 0 Å². The molecule has 5 heteroatoms. The fourth-order valence-electron chi connectivity index (χ4n) is 1.92. The molecule has 0 aromatic carbocycles. The summed E-state index contributed by atoms with van der Waals surface area (Å²) < 4.78 is 2.00. The lowest BCUT2D eigenvalue weighted by atomic mass is 9.96. The first kappa shape index (κ1) is 12.5. The summed E-state index contributed by atoms with van der Waals surface area (Å²) in [6, 6.07) is 3.90. The topological polar surface area (TPSA) is 54.3 Å². The minimum Gasteiger partial charge on any atom is -0.380 e. The van der Waals surface area contributed by atoms with E-state index in [1.54, 1.807) is 11.8 Å². The van der Waals surface area contributed by atoms with Gasteiger partial charge in [0.25, 0.3) is 5.91 Å². The summed E-state index contributed by atoms with van der Waals surface area (Å²) in [6.45, 7) is 1.30. The molecule has 1 aromatic heterocycles. The Morgan fingerprint density at radius 2 is 2.00 bits per heavy atom. The van der Waals surface area contributed by atoms with Crippen LogP contribution in [-0.2, 0) is 11.3 Å². The van der Waals surface area contributed by atoms with Crippen molar-refractivity contribution in [3.8, 4) is 0 Å². The third-order valence-corrected chi connectivity index (χ3v) is 4.05. The Morgan fingerprint density at radius 3 is 2.65 bits per heavy atom. The zero-order chi connectivity index (χ0) is 12.1. The van der Waals surface area contributed by atoms with Gasteiger partial charge >= 0.3 is 0 Å². The highest BCUT2D eigenvalue weighted by Crippen LogP contribution is 2.26. The second kappa shape index (κ2) is 5.60. The standard InChI is InChI=1S/C12H18N2O2S/c15-11(12(16)3-9-17-10-4-12)13-5-8-14-6-1-2-7-14/h1-2,6-7,16H,3-5,8-10H2,(H,13,15). The van der Waals surface area contributed by atoms with Gasteiger partial charge in [0, 0.05) is 25.5 Å². The van der Waals surface area contributed by atoms with Crippen LogP contribution >= 0.6 is 11.8 Å². The highest BCUT2D eigenvalue weighted by atomic mass is 32.2. The molecule has 1 fully saturated rings. The summed E-state index contributed by atoms with van der Waals surface area (Å²) in [4.78, 5) is 11.9. The fraction of sp³-hybridized carbons (Fsp3) is 0.583. The van der Waals surface area contributed by atoms with Crippen molar-refractivity contribution in [2.75, 3.05) is 18.1 Å². The predicted octanol–water partition coefficient (Wildman–Crippen LogP) is 0.862. The molecule has 1 aliphatic rings. The van der Waals surface area contributed by atoms with Crippen molar-refractivity contribution in [2.24, 2.45) is 0 Å². The van der Waals surface area contributed by atoms with E-state index in [1.807, 2.05) is 29.1 Å². The number of nitrogens with one attached hydrogen (secondary N) is 1. The Hall–Kier alpha value is -0.940. The number of nitrogens with zero attached hydrogens (tertiary/aromatic N) is 1. The van der Waals surface area contributed by atoms with Crippen molar-refractivity contribution in [3.05, 3.63) is 24.5 Å². The molecule has 0 radical (unpaired) electrons. The quantitative estimate of drug-likeness (QED) is 0.838. The zero-order valence-corrected chi connectivity index (χ0v) is 10.6. The summed E-state index contributed by atoms with van der Waals surface area (Å²) in [6.07, 6.45) is 5.04. The largest absolute Gasteiger partial charge is 0.380 e. The molecule has 0 bridgehead atoms. The van der Waals surface area contributed by atoms with Crippen LogP contribution in [0, 0.1) is 0 Å². The number of rotatable bonds is 4. The van der Waals surface area contributed by atoms with Crippen LogP contribution in [0.1, 0.15) is 12.8 Å². The van der Waals surface area contributed by atoms with Crippen LogP contribution in [-0.4, -0.2) is 39.2 Å². The highest BCUT2D eigenvalue weighted by molar-refractivity contribution is 7.99. The van der Waals surface area contributed by atoms with E-state index >= 15 is 0 Å². The monoisotopic (exact) mass is 254 g/mol. The van der Waals surface area contributed by atoms with Gasteiger partial charge in [-0.25, -0.2) is 0 Å². The molecule has 1 saturated heterocycles. The summed E-state index contributed by atoms with van der Waals surface area (Å²) >= 11 is 1.79.